The average molecular weight is 425 g/mol. The van der Waals surface area contributed by atoms with Crippen molar-refractivity contribution in [2.75, 3.05) is 39.3 Å². The fraction of sp³-hybridized carbons (Fsp3) is 0.304. The molecular weight excluding hydrogens is 400 g/mol. The van der Waals surface area contributed by atoms with E-state index in [-0.39, 0.29) is 5.91 Å². The van der Waals surface area contributed by atoms with Crippen LogP contribution in [0.1, 0.15) is 16.1 Å². The molecule has 0 saturated carbocycles. The second-order valence-corrected chi connectivity index (χ2v) is 7.80. The van der Waals surface area contributed by atoms with Crippen molar-refractivity contribution in [3.05, 3.63) is 77.1 Å². The highest BCUT2D eigenvalue weighted by atomic mass is 35.5. The van der Waals surface area contributed by atoms with Gasteiger partial charge >= 0.3 is 0 Å². The highest BCUT2D eigenvalue weighted by molar-refractivity contribution is 6.30. The van der Waals surface area contributed by atoms with Crippen molar-refractivity contribution < 1.29 is 9.53 Å². The molecule has 0 spiro atoms. The zero-order valence-corrected chi connectivity index (χ0v) is 17.8. The number of rotatable bonds is 6. The average Bonchev–Trinajstić information content (AvgIpc) is 3.21. The maximum atomic E-state index is 12.8. The molecule has 1 aliphatic rings. The van der Waals surface area contributed by atoms with E-state index in [2.05, 4.69) is 10.00 Å². The van der Waals surface area contributed by atoms with Gasteiger partial charge in [0.25, 0.3) is 5.91 Å². The van der Waals surface area contributed by atoms with Gasteiger partial charge in [-0.3, -0.25) is 9.69 Å². The van der Waals surface area contributed by atoms with Crippen molar-refractivity contribution in [2.45, 2.75) is 6.92 Å². The molecule has 1 aromatic heterocycles. The first-order valence-electron chi connectivity index (χ1n) is 10.1. The number of nitrogens with zero attached hydrogens (tertiary/aromatic N) is 4. The van der Waals surface area contributed by atoms with Crippen molar-refractivity contribution in [2.24, 2.45) is 0 Å². The summed E-state index contributed by atoms with van der Waals surface area (Å²) in [6, 6.07) is 17.0. The minimum absolute atomic E-state index is 0.0794. The van der Waals surface area contributed by atoms with Crippen LogP contribution in [0.2, 0.25) is 5.02 Å². The van der Waals surface area contributed by atoms with Crippen LogP contribution in [-0.4, -0.2) is 64.8 Å². The second-order valence-electron chi connectivity index (χ2n) is 7.37. The Kier molecular flexibility index (Phi) is 6.35. The number of amides is 1. The molecule has 0 aliphatic carbocycles. The topological polar surface area (TPSA) is 50.6 Å². The highest BCUT2D eigenvalue weighted by Crippen LogP contribution is 2.16. The molecule has 1 fully saturated rings. The Balaban J connectivity index is 1.25. The second kappa shape index (κ2) is 9.32. The van der Waals surface area contributed by atoms with E-state index in [4.69, 9.17) is 16.3 Å². The first-order valence-corrected chi connectivity index (χ1v) is 10.5. The minimum atomic E-state index is 0.0794. The molecule has 1 amide bonds. The predicted octanol–water partition coefficient (Wildman–Crippen LogP) is 3.67. The Bertz CT molecular complexity index is 977. The summed E-state index contributed by atoms with van der Waals surface area (Å²) in [6.45, 7) is 6.60. The number of aryl methyl sites for hydroxylation is 1. The minimum Gasteiger partial charge on any atom is -0.492 e. The van der Waals surface area contributed by atoms with Crippen LogP contribution in [0.4, 0.5) is 0 Å². The number of carbonyl (C=O) groups excluding carboxylic acids is 1. The highest BCUT2D eigenvalue weighted by Gasteiger charge is 2.22. The lowest BCUT2D eigenvalue weighted by atomic mass is 10.1. The van der Waals surface area contributed by atoms with Gasteiger partial charge in [0.05, 0.1) is 5.69 Å². The van der Waals surface area contributed by atoms with E-state index in [1.807, 2.05) is 71.1 Å². The molecule has 2 heterocycles. The lowest BCUT2D eigenvalue weighted by Gasteiger charge is -2.34. The van der Waals surface area contributed by atoms with Gasteiger partial charge in [-0.2, -0.15) is 5.10 Å². The van der Waals surface area contributed by atoms with Gasteiger partial charge in [-0.25, -0.2) is 4.68 Å². The molecule has 0 atom stereocenters. The van der Waals surface area contributed by atoms with E-state index in [1.54, 1.807) is 6.20 Å². The summed E-state index contributed by atoms with van der Waals surface area (Å²) in [5, 5.41) is 5.01. The third kappa shape index (κ3) is 4.83. The zero-order valence-electron chi connectivity index (χ0n) is 17.0. The van der Waals surface area contributed by atoms with Crippen LogP contribution in [0, 0.1) is 6.92 Å². The first kappa shape index (κ1) is 20.4. The fourth-order valence-electron chi connectivity index (χ4n) is 3.57. The number of ether oxygens (including phenoxy) is 1. The number of hydrogen-bond donors (Lipinski definition) is 0. The number of hydrogen-bond acceptors (Lipinski definition) is 4. The molecule has 1 saturated heterocycles. The molecule has 0 bridgehead atoms. The molecule has 2 aromatic carbocycles. The van der Waals surface area contributed by atoms with Gasteiger partial charge in [0, 0.05) is 55.2 Å². The summed E-state index contributed by atoms with van der Waals surface area (Å²) in [5.41, 5.74) is 2.73. The molecule has 0 radical (unpaired) electrons. The molecule has 3 aromatic rings. The summed E-state index contributed by atoms with van der Waals surface area (Å²) in [5.74, 6) is 0.901. The van der Waals surface area contributed by atoms with Crippen LogP contribution in [0.15, 0.2) is 60.8 Å². The third-order valence-electron chi connectivity index (χ3n) is 5.34. The van der Waals surface area contributed by atoms with E-state index >= 15 is 0 Å². The molecule has 0 unspecified atom stereocenters. The lowest BCUT2D eigenvalue weighted by molar-refractivity contribution is 0.0620. The maximum Gasteiger partial charge on any atom is 0.253 e. The van der Waals surface area contributed by atoms with Gasteiger partial charge < -0.3 is 9.64 Å². The van der Waals surface area contributed by atoms with Crippen LogP contribution < -0.4 is 4.74 Å². The number of benzene rings is 2. The Morgan fingerprint density at radius 3 is 2.33 bits per heavy atom. The largest absolute Gasteiger partial charge is 0.492 e. The van der Waals surface area contributed by atoms with Crippen molar-refractivity contribution in [1.29, 1.82) is 0 Å². The number of carbonyl (C=O) groups is 1. The zero-order chi connectivity index (χ0) is 20.9. The summed E-state index contributed by atoms with van der Waals surface area (Å²) in [7, 11) is 0. The van der Waals surface area contributed by atoms with E-state index in [9.17, 15) is 4.79 Å². The van der Waals surface area contributed by atoms with Gasteiger partial charge in [-0.05, 0) is 61.5 Å². The van der Waals surface area contributed by atoms with Crippen LogP contribution in [0.3, 0.4) is 0 Å². The summed E-state index contributed by atoms with van der Waals surface area (Å²) >= 11 is 5.89. The van der Waals surface area contributed by atoms with E-state index in [0.717, 1.165) is 49.9 Å². The molecule has 30 heavy (non-hydrogen) atoms. The Labute approximate surface area is 181 Å². The molecule has 4 rings (SSSR count). The fourth-order valence-corrected chi connectivity index (χ4v) is 3.69. The molecular formula is C23H25ClN4O2. The van der Waals surface area contributed by atoms with Crippen LogP contribution in [-0.2, 0) is 0 Å². The summed E-state index contributed by atoms with van der Waals surface area (Å²) in [4.78, 5) is 17.1. The Hall–Kier alpha value is -2.83. The Morgan fingerprint density at radius 1 is 1.00 bits per heavy atom. The van der Waals surface area contributed by atoms with Crippen molar-refractivity contribution >= 4 is 17.5 Å². The van der Waals surface area contributed by atoms with E-state index in [0.29, 0.717) is 17.2 Å². The standard InChI is InChI=1S/C23H25ClN4O2/c1-18-10-11-25-28(18)21-6-2-19(3-7-21)23(29)27-14-12-26(13-15-27)16-17-30-22-8-4-20(24)5-9-22/h2-11H,12-17H2,1H3. The molecule has 0 N–H and O–H groups in total. The first-order chi connectivity index (χ1) is 14.6. The number of piperazine rings is 1. The van der Waals surface area contributed by atoms with Crippen LogP contribution in [0.25, 0.3) is 5.69 Å². The van der Waals surface area contributed by atoms with Gasteiger partial charge in [0.15, 0.2) is 0 Å². The van der Waals surface area contributed by atoms with Crippen molar-refractivity contribution in [3.63, 3.8) is 0 Å². The molecule has 156 valence electrons. The van der Waals surface area contributed by atoms with Gasteiger partial charge in [0.1, 0.15) is 12.4 Å². The molecule has 7 heteroatoms. The molecule has 6 nitrogen and oxygen atoms in total. The number of halogens is 1. The van der Waals surface area contributed by atoms with Crippen molar-refractivity contribution in [1.82, 2.24) is 19.6 Å². The van der Waals surface area contributed by atoms with Gasteiger partial charge in [-0.1, -0.05) is 11.6 Å². The van der Waals surface area contributed by atoms with Gasteiger partial charge in [-0.15, -0.1) is 0 Å². The lowest BCUT2D eigenvalue weighted by Crippen LogP contribution is -2.49. The smallest absolute Gasteiger partial charge is 0.253 e. The van der Waals surface area contributed by atoms with Gasteiger partial charge in [0.2, 0.25) is 0 Å². The predicted molar refractivity (Wildman–Crippen MR) is 118 cm³/mol. The maximum absolute atomic E-state index is 12.8. The summed E-state index contributed by atoms with van der Waals surface area (Å²) < 4.78 is 7.63. The summed E-state index contributed by atoms with van der Waals surface area (Å²) in [6.07, 6.45) is 1.77. The van der Waals surface area contributed by atoms with Crippen molar-refractivity contribution in [3.8, 4) is 11.4 Å². The van der Waals surface area contributed by atoms with Crippen LogP contribution >= 0.6 is 11.6 Å². The van der Waals surface area contributed by atoms with E-state index in [1.165, 1.54) is 0 Å². The normalized spacial score (nSPS) is 14.7. The number of aromatic nitrogens is 2. The van der Waals surface area contributed by atoms with E-state index < -0.39 is 0 Å². The van der Waals surface area contributed by atoms with Crippen LogP contribution in [0.5, 0.6) is 5.75 Å². The third-order valence-corrected chi connectivity index (χ3v) is 5.59. The monoisotopic (exact) mass is 424 g/mol. The molecule has 1 aliphatic heterocycles. The quantitative estimate of drug-likeness (QED) is 0.605. The Morgan fingerprint density at radius 2 is 1.70 bits per heavy atom. The SMILES string of the molecule is Cc1ccnn1-c1ccc(C(=O)N2CCN(CCOc3ccc(Cl)cc3)CC2)cc1.